The van der Waals surface area contributed by atoms with Gasteiger partial charge >= 0.3 is 0 Å². The molecule has 3 saturated heterocycles. The molecule has 3 nitrogen and oxygen atoms in total. The van der Waals surface area contributed by atoms with Crippen molar-refractivity contribution >= 4 is 5.78 Å². The summed E-state index contributed by atoms with van der Waals surface area (Å²) in [4.78, 5) is 17.7. The van der Waals surface area contributed by atoms with Crippen LogP contribution >= 0.6 is 0 Å². The maximum Gasteiger partial charge on any atom is 0.140 e. The zero-order chi connectivity index (χ0) is 14.2. The Morgan fingerprint density at radius 2 is 1.95 bits per heavy atom. The summed E-state index contributed by atoms with van der Waals surface area (Å²) in [7, 11) is 0. The molecule has 0 spiro atoms. The van der Waals surface area contributed by atoms with Crippen molar-refractivity contribution in [2.45, 2.75) is 44.3 Å². The SMILES string of the molecule is O=C1CC2CCCN2C2CCN(Cc3ccccc3)CC12. The molecule has 3 atom stereocenters. The summed E-state index contributed by atoms with van der Waals surface area (Å²) in [5.41, 5.74) is 1.36. The van der Waals surface area contributed by atoms with Crippen LogP contribution in [0.15, 0.2) is 30.3 Å². The average Bonchev–Trinajstić information content (AvgIpc) is 2.97. The quantitative estimate of drug-likeness (QED) is 0.832. The van der Waals surface area contributed by atoms with E-state index in [1.807, 2.05) is 0 Å². The summed E-state index contributed by atoms with van der Waals surface area (Å²) < 4.78 is 0. The zero-order valence-electron chi connectivity index (χ0n) is 12.6. The van der Waals surface area contributed by atoms with Crippen LogP contribution in [0.1, 0.15) is 31.2 Å². The molecule has 3 unspecified atom stereocenters. The number of nitrogens with zero attached hydrogens (tertiary/aromatic N) is 2. The van der Waals surface area contributed by atoms with E-state index in [-0.39, 0.29) is 5.92 Å². The number of hydrogen-bond donors (Lipinski definition) is 0. The van der Waals surface area contributed by atoms with Crippen LogP contribution in [0.25, 0.3) is 0 Å². The number of fused-ring (bicyclic) bond motifs is 3. The summed E-state index contributed by atoms with van der Waals surface area (Å²) in [6.45, 7) is 4.30. The molecule has 0 aliphatic carbocycles. The minimum absolute atomic E-state index is 0.261. The summed E-state index contributed by atoms with van der Waals surface area (Å²) >= 11 is 0. The van der Waals surface area contributed by atoms with E-state index in [2.05, 4.69) is 40.1 Å². The van der Waals surface area contributed by atoms with Crippen LogP contribution in [-0.2, 0) is 11.3 Å². The van der Waals surface area contributed by atoms with Crippen molar-refractivity contribution in [2.24, 2.45) is 5.92 Å². The lowest BCUT2D eigenvalue weighted by molar-refractivity contribution is -0.134. The maximum absolute atomic E-state index is 12.5. The van der Waals surface area contributed by atoms with Crippen molar-refractivity contribution in [1.82, 2.24) is 9.80 Å². The minimum Gasteiger partial charge on any atom is -0.299 e. The van der Waals surface area contributed by atoms with Gasteiger partial charge in [-0.2, -0.15) is 0 Å². The van der Waals surface area contributed by atoms with Crippen molar-refractivity contribution in [3.05, 3.63) is 35.9 Å². The number of piperidine rings is 2. The zero-order valence-corrected chi connectivity index (χ0v) is 12.6. The Balaban J connectivity index is 1.46. The van der Waals surface area contributed by atoms with Gasteiger partial charge in [-0.05, 0) is 31.4 Å². The van der Waals surface area contributed by atoms with E-state index < -0.39 is 0 Å². The molecule has 0 N–H and O–H groups in total. The fourth-order valence-electron chi connectivity index (χ4n) is 4.60. The Hall–Kier alpha value is -1.19. The predicted molar refractivity (Wildman–Crippen MR) is 83.0 cm³/mol. The number of benzene rings is 1. The largest absolute Gasteiger partial charge is 0.299 e. The van der Waals surface area contributed by atoms with E-state index in [0.29, 0.717) is 17.9 Å². The highest BCUT2D eigenvalue weighted by atomic mass is 16.1. The standard InChI is InChI=1S/C18H24N2O/c21-18-11-15-7-4-9-20(15)17-8-10-19(13-16(17)18)12-14-5-2-1-3-6-14/h1-3,5-6,15-17H,4,7-13H2. The lowest BCUT2D eigenvalue weighted by Crippen LogP contribution is -2.58. The summed E-state index contributed by atoms with van der Waals surface area (Å²) in [6, 6.07) is 11.7. The second-order valence-electron chi connectivity index (χ2n) is 6.89. The van der Waals surface area contributed by atoms with Crippen molar-refractivity contribution < 1.29 is 4.79 Å². The molecule has 0 aromatic heterocycles. The van der Waals surface area contributed by atoms with Crippen LogP contribution in [0, 0.1) is 5.92 Å². The Bertz CT molecular complexity index is 515. The smallest absolute Gasteiger partial charge is 0.140 e. The van der Waals surface area contributed by atoms with Gasteiger partial charge in [-0.15, -0.1) is 0 Å². The van der Waals surface area contributed by atoms with Gasteiger partial charge in [0.25, 0.3) is 0 Å². The molecule has 3 fully saturated rings. The van der Waals surface area contributed by atoms with E-state index in [0.717, 1.165) is 26.1 Å². The fourth-order valence-corrected chi connectivity index (χ4v) is 4.60. The molecular weight excluding hydrogens is 260 g/mol. The molecular formula is C18H24N2O. The van der Waals surface area contributed by atoms with Gasteiger partial charge in [-0.1, -0.05) is 30.3 Å². The van der Waals surface area contributed by atoms with Gasteiger partial charge in [0.05, 0.1) is 0 Å². The molecule has 3 aliphatic heterocycles. The first-order chi connectivity index (χ1) is 10.3. The monoisotopic (exact) mass is 284 g/mol. The van der Waals surface area contributed by atoms with Crippen molar-refractivity contribution in [1.29, 1.82) is 0 Å². The van der Waals surface area contributed by atoms with Gasteiger partial charge in [0.15, 0.2) is 0 Å². The molecule has 0 bridgehead atoms. The first kappa shape index (κ1) is 13.5. The van der Waals surface area contributed by atoms with Gasteiger partial charge in [0.1, 0.15) is 5.78 Å². The van der Waals surface area contributed by atoms with Crippen molar-refractivity contribution in [3.8, 4) is 0 Å². The second-order valence-corrected chi connectivity index (χ2v) is 6.89. The fraction of sp³-hybridized carbons (Fsp3) is 0.611. The normalized spacial score (nSPS) is 33.7. The molecule has 0 radical (unpaired) electrons. The number of rotatable bonds is 2. The van der Waals surface area contributed by atoms with Crippen molar-refractivity contribution in [2.75, 3.05) is 19.6 Å². The van der Waals surface area contributed by atoms with Crippen LogP contribution in [0.4, 0.5) is 0 Å². The van der Waals surface area contributed by atoms with Gasteiger partial charge in [-0.25, -0.2) is 0 Å². The Morgan fingerprint density at radius 1 is 1.10 bits per heavy atom. The van der Waals surface area contributed by atoms with Gasteiger partial charge in [0.2, 0.25) is 0 Å². The molecule has 3 aliphatic rings. The molecule has 112 valence electrons. The number of hydrogen-bond acceptors (Lipinski definition) is 3. The highest BCUT2D eigenvalue weighted by molar-refractivity contribution is 5.83. The second kappa shape index (κ2) is 5.54. The first-order valence-corrected chi connectivity index (χ1v) is 8.36. The molecule has 3 heterocycles. The summed E-state index contributed by atoms with van der Waals surface area (Å²) in [5, 5.41) is 0. The van der Waals surface area contributed by atoms with Crippen LogP contribution in [0.5, 0.6) is 0 Å². The highest BCUT2D eigenvalue weighted by Crippen LogP contribution is 2.36. The van der Waals surface area contributed by atoms with E-state index >= 15 is 0 Å². The number of likely N-dealkylation sites (tertiary alicyclic amines) is 1. The number of carbonyl (C=O) groups is 1. The molecule has 0 saturated carbocycles. The van der Waals surface area contributed by atoms with Gasteiger partial charge in [-0.3, -0.25) is 14.6 Å². The van der Waals surface area contributed by atoms with Crippen LogP contribution < -0.4 is 0 Å². The third-order valence-electron chi connectivity index (χ3n) is 5.61. The van der Waals surface area contributed by atoms with Crippen LogP contribution in [0.2, 0.25) is 0 Å². The molecule has 1 aromatic rings. The molecule has 4 rings (SSSR count). The lowest BCUT2D eigenvalue weighted by atomic mass is 9.80. The van der Waals surface area contributed by atoms with E-state index in [1.165, 1.54) is 31.4 Å². The number of ketones is 1. The summed E-state index contributed by atoms with van der Waals surface area (Å²) in [5.74, 6) is 0.790. The molecule has 3 heteroatoms. The minimum atomic E-state index is 0.261. The van der Waals surface area contributed by atoms with E-state index in [4.69, 9.17) is 0 Å². The van der Waals surface area contributed by atoms with Crippen LogP contribution in [0.3, 0.4) is 0 Å². The summed E-state index contributed by atoms with van der Waals surface area (Å²) in [6.07, 6.45) is 4.50. The Labute approximate surface area is 126 Å². The highest BCUT2D eigenvalue weighted by Gasteiger charge is 2.46. The lowest BCUT2D eigenvalue weighted by Gasteiger charge is -2.47. The van der Waals surface area contributed by atoms with E-state index in [1.54, 1.807) is 0 Å². The topological polar surface area (TPSA) is 23.6 Å². The Kier molecular flexibility index (Phi) is 3.56. The third kappa shape index (κ3) is 2.53. The maximum atomic E-state index is 12.5. The Morgan fingerprint density at radius 3 is 2.81 bits per heavy atom. The molecule has 0 amide bonds. The van der Waals surface area contributed by atoms with E-state index in [9.17, 15) is 4.79 Å². The third-order valence-corrected chi connectivity index (χ3v) is 5.61. The average molecular weight is 284 g/mol. The van der Waals surface area contributed by atoms with Crippen LogP contribution in [-0.4, -0.2) is 47.3 Å². The van der Waals surface area contributed by atoms with Gasteiger partial charge < -0.3 is 0 Å². The predicted octanol–water partition coefficient (Wildman–Crippen LogP) is 2.31. The first-order valence-electron chi connectivity index (χ1n) is 8.36. The van der Waals surface area contributed by atoms with Crippen molar-refractivity contribution in [3.63, 3.8) is 0 Å². The number of carbonyl (C=O) groups excluding carboxylic acids is 1. The van der Waals surface area contributed by atoms with Gasteiger partial charge in [0, 0.05) is 44.1 Å². The number of Topliss-reactive ketones (excluding diaryl/α,β-unsaturated/α-hetero) is 1. The molecule has 1 aromatic carbocycles. The molecule has 21 heavy (non-hydrogen) atoms.